The zero-order valence-corrected chi connectivity index (χ0v) is 17.3. The van der Waals surface area contributed by atoms with Gasteiger partial charge in [0.05, 0.1) is 0 Å². The topological polar surface area (TPSA) is 68.1 Å². The first-order valence-corrected chi connectivity index (χ1v) is 11.2. The summed E-state index contributed by atoms with van der Waals surface area (Å²) in [6, 6.07) is 6.57. The van der Waals surface area contributed by atoms with Crippen LogP contribution in [0.1, 0.15) is 32.6 Å². The summed E-state index contributed by atoms with van der Waals surface area (Å²) >= 11 is 0. The van der Waals surface area contributed by atoms with Crippen molar-refractivity contribution in [3.63, 3.8) is 0 Å². The minimum atomic E-state index is 0.523. The lowest BCUT2D eigenvalue weighted by Gasteiger charge is -2.27. The molecule has 3 aliphatic rings. The van der Waals surface area contributed by atoms with Gasteiger partial charge in [-0.25, -0.2) is 0 Å². The normalized spacial score (nSPS) is 28.0. The van der Waals surface area contributed by atoms with E-state index in [0.717, 1.165) is 54.7 Å². The maximum absolute atomic E-state index is 5.51. The van der Waals surface area contributed by atoms with Crippen molar-refractivity contribution in [2.24, 2.45) is 17.8 Å². The van der Waals surface area contributed by atoms with E-state index in [1.165, 1.54) is 45.3 Å². The van der Waals surface area contributed by atoms with Crippen LogP contribution < -0.4 is 5.32 Å². The summed E-state index contributed by atoms with van der Waals surface area (Å²) in [7, 11) is 0. The third-order valence-corrected chi connectivity index (χ3v) is 6.93. The zero-order chi connectivity index (χ0) is 19.6. The summed E-state index contributed by atoms with van der Waals surface area (Å²) in [6.45, 7) is 8.67. The number of hydrogen-bond donors (Lipinski definition) is 1. The van der Waals surface area contributed by atoms with Crippen molar-refractivity contribution in [1.82, 2.24) is 24.9 Å². The van der Waals surface area contributed by atoms with Crippen LogP contribution in [0.2, 0.25) is 0 Å². The Labute approximate surface area is 172 Å². The lowest BCUT2D eigenvalue weighted by atomic mass is 10.00. The van der Waals surface area contributed by atoms with Gasteiger partial charge in [0.15, 0.2) is 0 Å². The van der Waals surface area contributed by atoms with E-state index in [2.05, 4.69) is 32.4 Å². The summed E-state index contributed by atoms with van der Waals surface area (Å²) in [4.78, 5) is 2.71. The molecule has 4 heterocycles. The summed E-state index contributed by atoms with van der Waals surface area (Å²) in [5.41, 5.74) is 1.71. The molecule has 3 atom stereocenters. The van der Waals surface area contributed by atoms with Crippen molar-refractivity contribution in [2.45, 2.75) is 45.2 Å². The summed E-state index contributed by atoms with van der Waals surface area (Å²) in [5.74, 6) is 3.39. The van der Waals surface area contributed by atoms with Crippen molar-refractivity contribution < 1.29 is 4.74 Å². The molecular formula is C22H32N6O. The van der Waals surface area contributed by atoms with Gasteiger partial charge in [0, 0.05) is 51.6 Å². The quantitative estimate of drug-likeness (QED) is 0.810. The first-order chi connectivity index (χ1) is 14.3. The van der Waals surface area contributed by atoms with E-state index in [-0.39, 0.29) is 0 Å². The molecule has 1 aliphatic carbocycles. The second kappa shape index (κ2) is 8.40. The van der Waals surface area contributed by atoms with Gasteiger partial charge in [-0.2, -0.15) is 5.10 Å². The van der Waals surface area contributed by atoms with Crippen LogP contribution >= 0.6 is 0 Å². The first-order valence-electron chi connectivity index (χ1n) is 11.2. The molecule has 156 valence electrons. The van der Waals surface area contributed by atoms with Crippen LogP contribution in [0.3, 0.4) is 0 Å². The molecular weight excluding hydrogens is 364 g/mol. The van der Waals surface area contributed by atoms with Crippen molar-refractivity contribution in [1.29, 1.82) is 0 Å². The number of aryl methyl sites for hydroxylation is 1. The van der Waals surface area contributed by atoms with Crippen molar-refractivity contribution in [3.8, 4) is 11.4 Å². The van der Waals surface area contributed by atoms with E-state index in [1.54, 1.807) is 0 Å². The number of anilines is 1. The minimum Gasteiger partial charge on any atom is -0.381 e. The van der Waals surface area contributed by atoms with Gasteiger partial charge in [-0.05, 0) is 68.6 Å². The van der Waals surface area contributed by atoms with Gasteiger partial charge in [-0.1, -0.05) is 0 Å². The van der Waals surface area contributed by atoms with Crippen molar-refractivity contribution in [2.75, 3.05) is 38.2 Å². The molecule has 0 spiro atoms. The molecule has 0 amide bonds. The summed E-state index contributed by atoms with van der Waals surface area (Å²) < 4.78 is 7.41. The Hall–Kier alpha value is -1.99. The van der Waals surface area contributed by atoms with Crippen LogP contribution in [-0.2, 0) is 11.3 Å². The van der Waals surface area contributed by atoms with Crippen LogP contribution in [0.4, 0.5) is 5.82 Å². The predicted octanol–water partition coefficient (Wildman–Crippen LogP) is 2.91. The van der Waals surface area contributed by atoms with E-state index in [0.29, 0.717) is 6.04 Å². The fourth-order valence-corrected chi connectivity index (χ4v) is 5.39. The Balaban J connectivity index is 1.12. The molecule has 2 aromatic rings. The maximum Gasteiger partial charge on any atom is 0.148 e. The standard InChI is InChI=1S/C22H32N6O/c1-2-28-8-5-21(26-28)20-3-4-22(25-24-20)23-19-11-17-14-27(15-18(17)12-19)13-16-6-9-29-10-7-16/h3-5,8,16-19H,2,6-7,9-15H2,1H3,(H,23,25)/t17-,18+,19+. The number of nitrogens with one attached hydrogen (secondary N) is 1. The van der Waals surface area contributed by atoms with Crippen LogP contribution in [0.15, 0.2) is 24.4 Å². The van der Waals surface area contributed by atoms with Crippen molar-refractivity contribution in [3.05, 3.63) is 24.4 Å². The fraction of sp³-hybridized carbons (Fsp3) is 0.682. The van der Waals surface area contributed by atoms with Gasteiger partial charge >= 0.3 is 0 Å². The van der Waals surface area contributed by atoms with E-state index < -0.39 is 0 Å². The second-order valence-corrected chi connectivity index (χ2v) is 8.97. The highest BCUT2D eigenvalue weighted by atomic mass is 16.5. The molecule has 0 radical (unpaired) electrons. The van der Waals surface area contributed by atoms with Gasteiger partial charge in [-0.15, -0.1) is 10.2 Å². The number of fused-ring (bicyclic) bond motifs is 1. The molecule has 0 aromatic carbocycles. The molecule has 2 saturated heterocycles. The Bertz CT molecular complexity index is 786. The number of hydrogen-bond acceptors (Lipinski definition) is 6. The minimum absolute atomic E-state index is 0.523. The third-order valence-electron chi connectivity index (χ3n) is 6.93. The molecule has 7 heteroatoms. The van der Waals surface area contributed by atoms with Crippen LogP contribution in [-0.4, -0.2) is 63.8 Å². The Morgan fingerprint density at radius 3 is 2.48 bits per heavy atom. The van der Waals surface area contributed by atoms with Crippen molar-refractivity contribution >= 4 is 5.82 Å². The molecule has 1 N–H and O–H groups in total. The Morgan fingerprint density at radius 2 is 1.83 bits per heavy atom. The average Bonchev–Trinajstić information content (AvgIpc) is 3.44. The molecule has 5 rings (SSSR count). The molecule has 2 aromatic heterocycles. The van der Waals surface area contributed by atoms with Gasteiger partial charge in [-0.3, -0.25) is 4.68 Å². The number of nitrogens with zero attached hydrogens (tertiary/aromatic N) is 5. The average molecular weight is 397 g/mol. The second-order valence-electron chi connectivity index (χ2n) is 8.97. The smallest absolute Gasteiger partial charge is 0.148 e. The molecule has 3 fully saturated rings. The van der Waals surface area contributed by atoms with E-state index >= 15 is 0 Å². The zero-order valence-electron chi connectivity index (χ0n) is 17.3. The predicted molar refractivity (Wildman–Crippen MR) is 113 cm³/mol. The number of aromatic nitrogens is 4. The molecule has 1 saturated carbocycles. The number of rotatable bonds is 6. The largest absolute Gasteiger partial charge is 0.381 e. The van der Waals surface area contributed by atoms with Crippen LogP contribution in [0.25, 0.3) is 11.4 Å². The first kappa shape index (κ1) is 19.0. The molecule has 0 bridgehead atoms. The third kappa shape index (κ3) is 4.31. The number of likely N-dealkylation sites (tertiary alicyclic amines) is 1. The van der Waals surface area contributed by atoms with E-state index in [4.69, 9.17) is 4.74 Å². The van der Waals surface area contributed by atoms with Gasteiger partial charge < -0.3 is 15.0 Å². The molecule has 0 unspecified atom stereocenters. The Kier molecular flexibility index (Phi) is 5.50. The highest BCUT2D eigenvalue weighted by Crippen LogP contribution is 2.39. The lowest BCUT2D eigenvalue weighted by molar-refractivity contribution is 0.0545. The highest BCUT2D eigenvalue weighted by molar-refractivity contribution is 5.54. The monoisotopic (exact) mass is 396 g/mol. The van der Waals surface area contributed by atoms with Crippen LogP contribution in [0.5, 0.6) is 0 Å². The number of ether oxygens (including phenoxy) is 1. The molecule has 7 nitrogen and oxygen atoms in total. The van der Waals surface area contributed by atoms with Gasteiger partial charge in [0.2, 0.25) is 0 Å². The molecule has 2 aliphatic heterocycles. The molecule has 29 heavy (non-hydrogen) atoms. The SMILES string of the molecule is CCn1ccc(-c2ccc(N[C@H]3C[C@@H]4CN(CC5CCOCC5)C[C@@H]4C3)nn2)n1. The van der Waals surface area contributed by atoms with Gasteiger partial charge in [0.1, 0.15) is 17.2 Å². The highest BCUT2D eigenvalue weighted by Gasteiger charge is 2.41. The summed E-state index contributed by atoms with van der Waals surface area (Å²) in [6.07, 6.45) is 6.96. The lowest BCUT2D eigenvalue weighted by Crippen LogP contribution is -2.32. The Morgan fingerprint density at radius 1 is 1.03 bits per heavy atom. The fourth-order valence-electron chi connectivity index (χ4n) is 5.39. The van der Waals surface area contributed by atoms with Gasteiger partial charge in [0.25, 0.3) is 0 Å². The summed E-state index contributed by atoms with van der Waals surface area (Å²) in [5, 5.41) is 16.9. The maximum atomic E-state index is 5.51. The van der Waals surface area contributed by atoms with Crippen LogP contribution in [0, 0.1) is 17.8 Å². The van der Waals surface area contributed by atoms with E-state index in [9.17, 15) is 0 Å². The van der Waals surface area contributed by atoms with E-state index in [1.807, 2.05) is 29.1 Å².